The number of hydrogen-bond donors (Lipinski definition) is 2. The predicted molar refractivity (Wildman–Crippen MR) is 210 cm³/mol. The van der Waals surface area contributed by atoms with Gasteiger partial charge < -0.3 is 24.8 Å². The van der Waals surface area contributed by atoms with Crippen LogP contribution in [0.3, 0.4) is 0 Å². The zero-order chi connectivity index (χ0) is 40.6. The molecule has 3 rings (SSSR count). The molecule has 13 heteroatoms. The number of methoxy groups -OCH3 is 2. The van der Waals surface area contributed by atoms with Gasteiger partial charge in [0.15, 0.2) is 11.9 Å². The van der Waals surface area contributed by atoms with E-state index in [9.17, 15) is 22.8 Å². The number of anilines is 2. The second-order valence-electron chi connectivity index (χ2n) is 14.3. The van der Waals surface area contributed by atoms with Gasteiger partial charge in [-0.15, -0.1) is 0 Å². The molecular weight excluding hydrogens is 714 g/mol. The first-order chi connectivity index (χ1) is 25.3. The molecule has 3 aromatic rings. The number of carbonyl (C=O) groups is 3. The van der Waals surface area contributed by atoms with E-state index in [4.69, 9.17) is 14.2 Å². The number of nitrogens with zero attached hydrogens (tertiary/aromatic N) is 1. The molecule has 0 fully saturated rings. The molecule has 2 atom stereocenters. The van der Waals surface area contributed by atoms with E-state index >= 15 is 4.39 Å². The third-order valence-corrected chi connectivity index (χ3v) is 12.2. The van der Waals surface area contributed by atoms with Crippen LogP contribution in [0.2, 0.25) is 0 Å². The van der Waals surface area contributed by atoms with Gasteiger partial charge in [0.05, 0.1) is 12.8 Å². The summed E-state index contributed by atoms with van der Waals surface area (Å²) < 4.78 is 62.3. The van der Waals surface area contributed by atoms with Gasteiger partial charge in [0, 0.05) is 37.0 Å². The van der Waals surface area contributed by atoms with E-state index in [2.05, 4.69) is 58.2 Å². The Balaban J connectivity index is 2.17. The average molecular weight is 770 g/mol. The lowest BCUT2D eigenvalue weighted by molar-refractivity contribution is -0.150. The number of ketones is 1. The highest BCUT2D eigenvalue weighted by atomic mass is 32.2. The van der Waals surface area contributed by atoms with Crippen molar-refractivity contribution in [1.29, 1.82) is 0 Å². The molecule has 0 bridgehead atoms. The maximum atomic E-state index is 16.4. The van der Waals surface area contributed by atoms with Gasteiger partial charge >= 0.3 is 5.85 Å². The number of ether oxygens (including phenoxy) is 3. The minimum atomic E-state index is -4.39. The Labute approximate surface area is 320 Å². The molecule has 3 aromatic carbocycles. The third-order valence-electron chi connectivity index (χ3n) is 10.2. The number of nitrogens with one attached hydrogen (secondary N) is 2. The van der Waals surface area contributed by atoms with Crippen molar-refractivity contribution >= 4 is 39.0 Å². The Morgan fingerprint density at radius 1 is 0.833 bits per heavy atom. The van der Waals surface area contributed by atoms with Crippen LogP contribution in [0.15, 0.2) is 65.6 Å². The maximum Gasteiger partial charge on any atom is 0.352 e. The Hall–Kier alpha value is -4.33. The number of Topliss-reactive ketones (excluding diaryl/α,β-unsaturated/α-hetero) is 1. The van der Waals surface area contributed by atoms with Gasteiger partial charge in [-0.3, -0.25) is 14.4 Å². The second kappa shape index (κ2) is 17.9. The molecule has 0 spiro atoms. The first-order valence-electron chi connectivity index (χ1n) is 18.3. The molecule has 54 heavy (non-hydrogen) atoms. The fraction of sp³-hybridized carbons (Fsp3) is 0.488. The molecule has 0 heterocycles. The van der Waals surface area contributed by atoms with Crippen LogP contribution in [-0.4, -0.2) is 69.6 Å². The number of sulfonamides is 1. The lowest BCUT2D eigenvalue weighted by Crippen LogP contribution is -2.47. The minimum Gasteiger partial charge on any atom is -0.493 e. The zero-order valence-corrected chi connectivity index (χ0v) is 34.2. The highest BCUT2D eigenvalue weighted by Crippen LogP contribution is 2.40. The predicted octanol–water partition coefficient (Wildman–Crippen LogP) is 8.03. The molecular formula is C41H56FN3O8S. The number of rotatable bonds is 19. The summed E-state index contributed by atoms with van der Waals surface area (Å²) in [7, 11) is -2.33. The lowest BCUT2D eigenvalue weighted by atomic mass is 9.76. The lowest BCUT2D eigenvalue weighted by Gasteiger charge is -2.31. The van der Waals surface area contributed by atoms with Gasteiger partial charge in [0.2, 0.25) is 15.8 Å². The standard InChI is InChI=1S/C41H56FN3O8S/c1-12-32(53-33-23-22-28(39(6,7)13-2)26-30(33)40(8,9)14-3)37(47)44-31-24-27(25-34(35(31)51-10)54(49,50)45(15-4)16-5)36(46)41(42,52-11)38(48)43-29-20-18-17-19-21-29/h17-26,32H,12-16H2,1-11H3,(H,43,48)(H,44,47). The van der Waals surface area contributed by atoms with Crippen molar-refractivity contribution in [2.45, 2.75) is 109 Å². The fourth-order valence-electron chi connectivity index (χ4n) is 5.80. The summed E-state index contributed by atoms with van der Waals surface area (Å²) in [5.41, 5.74) is 1.04. The fourth-order valence-corrected chi connectivity index (χ4v) is 7.47. The van der Waals surface area contributed by atoms with Crippen molar-refractivity contribution in [3.8, 4) is 11.5 Å². The van der Waals surface area contributed by atoms with Gasteiger partial charge in [0.25, 0.3) is 11.8 Å². The quantitative estimate of drug-likeness (QED) is 0.0923. The molecule has 296 valence electrons. The van der Waals surface area contributed by atoms with E-state index in [-0.39, 0.29) is 47.5 Å². The number of halogens is 1. The van der Waals surface area contributed by atoms with Crippen molar-refractivity contribution in [3.05, 3.63) is 77.4 Å². The number of carbonyl (C=O) groups excluding carboxylic acids is 3. The van der Waals surface area contributed by atoms with Gasteiger partial charge in [-0.2, -0.15) is 8.70 Å². The summed E-state index contributed by atoms with van der Waals surface area (Å²) in [6.07, 6.45) is 0.845. The van der Waals surface area contributed by atoms with E-state index < -0.39 is 50.0 Å². The molecule has 0 saturated carbocycles. The summed E-state index contributed by atoms with van der Waals surface area (Å²) in [6, 6.07) is 15.9. The molecule has 0 aromatic heterocycles. The van der Waals surface area contributed by atoms with E-state index in [0.717, 1.165) is 47.5 Å². The molecule has 0 saturated heterocycles. The summed E-state index contributed by atoms with van der Waals surface area (Å²) in [5.74, 6) is -6.97. The van der Waals surface area contributed by atoms with Crippen LogP contribution in [0.5, 0.6) is 11.5 Å². The normalized spacial score (nSPS) is 13.9. The Kier molecular flexibility index (Phi) is 14.6. The first kappa shape index (κ1) is 44.1. The summed E-state index contributed by atoms with van der Waals surface area (Å²) >= 11 is 0. The molecule has 0 aliphatic rings. The molecule has 11 nitrogen and oxygen atoms in total. The Morgan fingerprint density at radius 2 is 1.44 bits per heavy atom. The number of amides is 2. The molecule has 2 N–H and O–H groups in total. The van der Waals surface area contributed by atoms with E-state index in [1.54, 1.807) is 39.0 Å². The zero-order valence-electron chi connectivity index (χ0n) is 33.4. The van der Waals surface area contributed by atoms with Crippen LogP contribution in [0.1, 0.15) is 103 Å². The number of para-hydroxylation sites is 1. The van der Waals surface area contributed by atoms with Crippen molar-refractivity contribution in [3.63, 3.8) is 0 Å². The minimum absolute atomic E-state index is 0.0584. The number of hydrogen-bond acceptors (Lipinski definition) is 8. The second-order valence-corrected chi connectivity index (χ2v) is 16.2. The van der Waals surface area contributed by atoms with Crippen LogP contribution in [-0.2, 0) is 35.2 Å². The van der Waals surface area contributed by atoms with Crippen molar-refractivity contribution in [1.82, 2.24) is 4.31 Å². The molecule has 0 aliphatic heterocycles. The molecule has 2 unspecified atom stereocenters. The van der Waals surface area contributed by atoms with E-state index in [1.807, 2.05) is 12.1 Å². The van der Waals surface area contributed by atoms with Gasteiger partial charge in [-0.1, -0.05) is 92.6 Å². The van der Waals surface area contributed by atoms with Crippen molar-refractivity contribution in [2.75, 3.05) is 37.9 Å². The molecule has 0 radical (unpaired) electrons. The number of benzene rings is 3. The topological polar surface area (TPSA) is 140 Å². The van der Waals surface area contributed by atoms with Gasteiger partial charge in [-0.05, 0) is 66.0 Å². The van der Waals surface area contributed by atoms with Crippen LogP contribution in [0, 0.1) is 0 Å². The van der Waals surface area contributed by atoms with Crippen molar-refractivity contribution in [2.24, 2.45) is 0 Å². The van der Waals surface area contributed by atoms with E-state index in [0.29, 0.717) is 5.75 Å². The molecule has 2 amide bonds. The Bertz CT molecular complexity index is 1910. The smallest absolute Gasteiger partial charge is 0.352 e. The summed E-state index contributed by atoms with van der Waals surface area (Å²) in [5, 5.41) is 5.00. The van der Waals surface area contributed by atoms with Crippen LogP contribution in [0.4, 0.5) is 15.8 Å². The summed E-state index contributed by atoms with van der Waals surface area (Å²) in [6.45, 7) is 17.9. The first-order valence-corrected chi connectivity index (χ1v) is 19.8. The van der Waals surface area contributed by atoms with Gasteiger partial charge in [0.1, 0.15) is 10.6 Å². The van der Waals surface area contributed by atoms with E-state index in [1.165, 1.54) is 19.2 Å². The largest absolute Gasteiger partial charge is 0.493 e. The highest BCUT2D eigenvalue weighted by Gasteiger charge is 2.48. The third kappa shape index (κ3) is 9.30. The molecule has 0 aliphatic carbocycles. The average Bonchev–Trinajstić information content (AvgIpc) is 3.16. The maximum absolute atomic E-state index is 16.4. The Morgan fingerprint density at radius 3 is 1.96 bits per heavy atom. The van der Waals surface area contributed by atoms with Crippen LogP contribution < -0.4 is 20.1 Å². The van der Waals surface area contributed by atoms with Crippen LogP contribution in [0.25, 0.3) is 0 Å². The summed E-state index contributed by atoms with van der Waals surface area (Å²) in [4.78, 5) is 40.7. The van der Waals surface area contributed by atoms with Crippen LogP contribution >= 0.6 is 0 Å². The monoisotopic (exact) mass is 769 g/mol. The van der Waals surface area contributed by atoms with Crippen molar-refractivity contribution < 1.29 is 41.4 Å². The number of alkyl halides is 1. The highest BCUT2D eigenvalue weighted by molar-refractivity contribution is 7.89. The SMILES string of the molecule is CCC(Oc1ccc(C(C)(C)CC)cc1C(C)(C)CC)C(=O)Nc1cc(C(=O)C(F)(OC)C(=O)Nc2ccccc2)cc(S(=O)(=O)N(CC)CC)c1OC. The van der Waals surface area contributed by atoms with Gasteiger partial charge in [-0.25, -0.2) is 8.42 Å².